The summed E-state index contributed by atoms with van der Waals surface area (Å²) in [6.45, 7) is 4.84. The molecule has 3 heterocycles. The summed E-state index contributed by atoms with van der Waals surface area (Å²) in [4.78, 5) is 121. The maximum atomic E-state index is 12.7. The molecule has 3 rings (SSSR count). The highest BCUT2D eigenvalue weighted by Crippen LogP contribution is 2.61. The molecular weight excluding hydrogens is 1110 g/mol. The van der Waals surface area contributed by atoms with Gasteiger partial charge in [-0.1, -0.05) is 39.5 Å². The number of aliphatic hydroxyl groups excluding tert-OH is 3. The largest absolute Gasteiger partial charge is 0.550 e. The quantitative estimate of drug-likeness (QED) is 0.0158. The van der Waals surface area contributed by atoms with Gasteiger partial charge in [0.2, 0.25) is 23.6 Å². The first-order chi connectivity index (χ1) is 34.5. The Hall–Kier alpha value is -3.99. The second kappa shape index (κ2) is 27.7. The van der Waals surface area contributed by atoms with Crippen LogP contribution in [0, 0.1) is 11.3 Å². The molecule has 76 heavy (non-hydrogen) atoms. The summed E-state index contributed by atoms with van der Waals surface area (Å²) in [6.07, 6.45) is -10.7. The average molecular weight is 1170 g/mol. The number of nitrogens with two attached hydrogens (primary N) is 1. The van der Waals surface area contributed by atoms with Crippen molar-refractivity contribution < 1.29 is 125 Å². The minimum atomic E-state index is -5.60. The first kappa shape index (κ1) is 68.1. The molecule has 1 aliphatic rings. The van der Waals surface area contributed by atoms with E-state index in [4.69, 9.17) is 24.6 Å². The summed E-state index contributed by atoms with van der Waals surface area (Å²) >= 11 is 0.771. The van der Waals surface area contributed by atoms with Crippen molar-refractivity contribution in [3.05, 3.63) is 12.7 Å². The fourth-order valence-electron chi connectivity index (χ4n) is 6.79. The number of hydrogen-bond acceptors (Lipinski definition) is 25. The highest BCUT2D eigenvalue weighted by atomic mass is 32.2. The molecule has 37 heteroatoms. The summed E-state index contributed by atoms with van der Waals surface area (Å²) < 4.78 is 61.8. The van der Waals surface area contributed by atoms with E-state index in [1.54, 1.807) is 35.0 Å². The molecule has 5 unspecified atom stereocenters. The SMILES string of the molecule is CC(C)CC(=O)C(O)(CC(=O)[O-])C(O)[N+](C)(C)C.CC(O)(CC(=O)O)CC(=O)SCCNC(=O)CCNC(=O)[C@H](O)C(C)(C)COP(=O)(O)OP(=O)(O)OC[C@H]1O[C@@H](n2cnc3c(N)ncnc32)[C@H](O)[C@@H]1OP(=O)(O)O. The van der Waals surface area contributed by atoms with Crippen molar-refractivity contribution in [2.45, 2.75) is 115 Å². The lowest BCUT2D eigenvalue weighted by Gasteiger charge is -2.40. The number of phosphoric ester groups is 3. The minimum Gasteiger partial charge on any atom is -0.550 e. The number of nitrogens with zero attached hydrogens (tertiary/aromatic N) is 5. The van der Waals surface area contributed by atoms with Crippen molar-refractivity contribution in [1.82, 2.24) is 30.2 Å². The van der Waals surface area contributed by atoms with Crippen molar-refractivity contribution in [3.63, 3.8) is 0 Å². The van der Waals surface area contributed by atoms with E-state index in [-0.39, 0.29) is 59.1 Å². The number of likely N-dealkylation sites (N-methyl/N-ethyl adjacent to an activating group) is 1. The third-order valence-corrected chi connectivity index (χ3v) is 14.4. The molecule has 0 radical (unpaired) electrons. The second-order valence-electron chi connectivity index (χ2n) is 19.5. The molecule has 1 saturated heterocycles. The highest BCUT2D eigenvalue weighted by Gasteiger charge is 2.52. The molecule has 33 nitrogen and oxygen atoms in total. The Bertz CT molecular complexity index is 2510. The van der Waals surface area contributed by atoms with Gasteiger partial charge in [-0.3, -0.25) is 42.1 Å². The number of rotatable bonds is 30. The fourth-order valence-corrected chi connectivity index (χ4v) is 10.5. The molecule has 0 aromatic carbocycles. The number of nitrogens with one attached hydrogen (secondary N) is 2. The second-order valence-corrected chi connectivity index (χ2v) is 24.9. The van der Waals surface area contributed by atoms with Gasteiger partial charge in [0, 0.05) is 55.9 Å². The van der Waals surface area contributed by atoms with Crippen LogP contribution >= 0.6 is 35.2 Å². The van der Waals surface area contributed by atoms with Gasteiger partial charge in [0.25, 0.3) is 0 Å². The number of carboxylic acids is 2. The molecule has 434 valence electrons. The molecule has 2 aromatic heterocycles. The minimum absolute atomic E-state index is 0.000833. The number of quaternary nitrogens is 1. The summed E-state index contributed by atoms with van der Waals surface area (Å²) in [7, 11) is -11.8. The number of ketones is 1. The Labute approximate surface area is 438 Å². The van der Waals surface area contributed by atoms with Gasteiger partial charge in [0.1, 0.15) is 36.3 Å². The molecule has 0 saturated carbocycles. The summed E-state index contributed by atoms with van der Waals surface area (Å²) in [5, 5.41) is 75.4. The maximum absolute atomic E-state index is 12.7. The van der Waals surface area contributed by atoms with Crippen LogP contribution in [0.2, 0.25) is 0 Å². The Morgan fingerprint density at radius 2 is 1.54 bits per heavy atom. The molecule has 0 aliphatic carbocycles. The van der Waals surface area contributed by atoms with Crippen LogP contribution in [-0.2, 0) is 65.1 Å². The van der Waals surface area contributed by atoms with Crippen molar-refractivity contribution in [2.24, 2.45) is 11.3 Å². The topological polar surface area (TPSA) is 519 Å². The van der Waals surface area contributed by atoms with E-state index >= 15 is 0 Å². The molecule has 1 aliphatic heterocycles. The molecule has 1 fully saturated rings. The van der Waals surface area contributed by atoms with E-state index in [0.29, 0.717) is 0 Å². The number of aromatic nitrogens is 4. The summed E-state index contributed by atoms with van der Waals surface area (Å²) in [5.41, 5.74) is 0.123. The molecule has 10 atom stereocenters. The molecular formula is C39H67N8O25P3S. The lowest BCUT2D eigenvalue weighted by atomic mass is 9.86. The van der Waals surface area contributed by atoms with Gasteiger partial charge in [0.15, 0.2) is 28.6 Å². The number of Topliss-reactive ketones (excluding diaryl/α,β-unsaturated/α-hetero) is 1. The fraction of sp³-hybridized carbons (Fsp3) is 0.718. The monoisotopic (exact) mass is 1170 g/mol. The first-order valence-corrected chi connectivity index (χ1v) is 28.0. The zero-order valence-electron chi connectivity index (χ0n) is 42.4. The zero-order chi connectivity index (χ0) is 58.6. The number of aliphatic carboxylic acids is 2. The maximum Gasteiger partial charge on any atom is 0.481 e. The Morgan fingerprint density at radius 3 is 2.09 bits per heavy atom. The van der Waals surface area contributed by atoms with Gasteiger partial charge in [0.05, 0.1) is 52.7 Å². The van der Waals surface area contributed by atoms with E-state index in [1.165, 1.54) is 20.8 Å². The Kier molecular flexibility index (Phi) is 24.9. The average Bonchev–Trinajstić information content (AvgIpc) is 3.81. The molecule has 2 amide bonds. The van der Waals surface area contributed by atoms with Crippen LogP contribution in [0.3, 0.4) is 0 Å². The normalized spacial score (nSPS) is 21.2. The number of fused-ring (bicyclic) bond motifs is 1. The molecule has 0 bridgehead atoms. The third kappa shape index (κ3) is 22.0. The van der Waals surface area contributed by atoms with E-state index in [1.807, 2.05) is 0 Å². The van der Waals surface area contributed by atoms with Crippen molar-refractivity contribution in [3.8, 4) is 0 Å². The number of carboxylic acid groups (broad SMARTS) is 2. The number of hydrogen-bond donors (Lipinski definition) is 13. The third-order valence-electron chi connectivity index (χ3n) is 10.5. The van der Waals surface area contributed by atoms with Gasteiger partial charge in [-0.15, -0.1) is 0 Å². The number of anilines is 1. The van der Waals surface area contributed by atoms with Crippen LogP contribution in [-0.4, -0.2) is 204 Å². The standard InChI is InChI=1S/C27H44N7O20P3S.C12H23NO5/c1-26(2,21(40)24(41)30-5-4-15(35)29-6-7-58-17(38)9-27(3,42)8-16(36)37)11-51-57(48,49)54-56(46,47)50-10-14-20(53-55(43,44)45)19(39)25(52-14)34-13-33-18-22(28)31-12-32-23(18)34;1-8(2)6-9(14)12(18,7-10(15)16)11(17)13(3,4)5/h12-14,19-21,25,39-40,42H,4-11H2,1-3H3,(H,29,35)(H,30,41)(H,36,37)(H,46,47)(H,48,49)(H2,28,31,32)(H2,43,44,45);8,11,17-18H,6-7H2,1-5H3/t14-,19-,20-,21+,25-,27?;/m1./s1. The number of carbonyl (C=O) groups is 6. The number of amides is 2. The van der Waals surface area contributed by atoms with Crippen LogP contribution in [0.15, 0.2) is 12.7 Å². The number of nitrogen functional groups attached to an aromatic ring is 1. The van der Waals surface area contributed by atoms with E-state index in [9.17, 15) is 92.7 Å². The molecule has 14 N–H and O–H groups in total. The van der Waals surface area contributed by atoms with Crippen molar-refractivity contribution in [1.29, 1.82) is 0 Å². The predicted octanol–water partition coefficient (Wildman–Crippen LogP) is -3.22. The van der Waals surface area contributed by atoms with Crippen LogP contribution in [0.4, 0.5) is 5.82 Å². The lowest BCUT2D eigenvalue weighted by Crippen LogP contribution is -2.64. The van der Waals surface area contributed by atoms with E-state index < -0.39 is 144 Å². The number of ether oxygens (including phenoxy) is 1. The number of imidazole rings is 1. The highest BCUT2D eigenvalue weighted by molar-refractivity contribution is 8.13. The van der Waals surface area contributed by atoms with Gasteiger partial charge >= 0.3 is 29.4 Å². The van der Waals surface area contributed by atoms with Crippen LogP contribution in [0.5, 0.6) is 0 Å². The van der Waals surface area contributed by atoms with Gasteiger partial charge in [-0.25, -0.2) is 28.6 Å². The van der Waals surface area contributed by atoms with Crippen LogP contribution < -0.4 is 21.5 Å². The molecule has 0 spiro atoms. The zero-order valence-corrected chi connectivity index (χ0v) is 45.9. The first-order valence-electron chi connectivity index (χ1n) is 22.5. The number of aliphatic hydroxyl groups is 5. The summed E-state index contributed by atoms with van der Waals surface area (Å²) in [5.74, 6) is -5.09. The van der Waals surface area contributed by atoms with Crippen LogP contribution in [0.25, 0.3) is 11.2 Å². The van der Waals surface area contributed by atoms with Crippen LogP contribution in [0.1, 0.15) is 73.0 Å². The van der Waals surface area contributed by atoms with Gasteiger partial charge in [-0.2, -0.15) is 4.31 Å². The number of thioether (sulfide) groups is 1. The predicted molar refractivity (Wildman–Crippen MR) is 258 cm³/mol. The Balaban J connectivity index is 0.000000931. The van der Waals surface area contributed by atoms with Gasteiger partial charge < -0.3 is 85.7 Å². The van der Waals surface area contributed by atoms with E-state index in [2.05, 4.69) is 34.4 Å². The number of carbonyl (C=O) groups excluding carboxylic acids is 5. The lowest BCUT2D eigenvalue weighted by molar-refractivity contribution is -0.925. The van der Waals surface area contributed by atoms with Crippen molar-refractivity contribution >= 4 is 86.9 Å². The summed E-state index contributed by atoms with van der Waals surface area (Å²) in [6, 6.07) is 0. The van der Waals surface area contributed by atoms with Gasteiger partial charge in [-0.05, 0) is 12.8 Å². The Morgan fingerprint density at radius 1 is 0.934 bits per heavy atom. The van der Waals surface area contributed by atoms with Crippen molar-refractivity contribution in [2.75, 3.05) is 58.9 Å². The smallest absolute Gasteiger partial charge is 0.481 e. The van der Waals surface area contributed by atoms with E-state index in [0.717, 1.165) is 29.0 Å². The molecule has 2 aromatic rings. The number of phosphoric acid groups is 3.